The van der Waals surface area contributed by atoms with Crippen molar-refractivity contribution in [2.24, 2.45) is 0 Å². The van der Waals surface area contributed by atoms with Crippen LogP contribution in [0.5, 0.6) is 0 Å². The summed E-state index contributed by atoms with van der Waals surface area (Å²) in [5.41, 5.74) is 0.707. The summed E-state index contributed by atoms with van der Waals surface area (Å²) in [5.74, 6) is 0.894. The van der Waals surface area contributed by atoms with E-state index in [1.54, 1.807) is 12.3 Å². The van der Waals surface area contributed by atoms with E-state index in [1.807, 2.05) is 6.07 Å². The van der Waals surface area contributed by atoms with E-state index in [0.29, 0.717) is 5.56 Å². The van der Waals surface area contributed by atoms with Gasteiger partial charge in [-0.15, -0.1) is 0 Å². The van der Waals surface area contributed by atoms with Gasteiger partial charge in [0.15, 0.2) is 0 Å². The Labute approximate surface area is 95.9 Å². The van der Waals surface area contributed by atoms with Gasteiger partial charge in [-0.25, -0.2) is 4.98 Å². The summed E-state index contributed by atoms with van der Waals surface area (Å²) in [5, 5.41) is 12.3. The first-order chi connectivity index (χ1) is 7.63. The van der Waals surface area contributed by atoms with Crippen molar-refractivity contribution in [3.8, 4) is 6.07 Å². The van der Waals surface area contributed by atoms with Crippen molar-refractivity contribution in [3.05, 3.63) is 23.9 Å². The zero-order chi connectivity index (χ0) is 11.6. The third-order valence-corrected chi connectivity index (χ3v) is 2.95. The molecule has 1 aliphatic rings. The fourth-order valence-corrected chi connectivity index (χ4v) is 2.04. The molecule has 0 radical (unpaired) electrons. The lowest BCUT2D eigenvalue weighted by atomic mass is 10.00. The van der Waals surface area contributed by atoms with Crippen LogP contribution in [-0.2, 0) is 0 Å². The summed E-state index contributed by atoms with van der Waals surface area (Å²) < 4.78 is 0. The van der Waals surface area contributed by atoms with Gasteiger partial charge in [0.25, 0.3) is 0 Å². The molecule has 1 saturated heterocycles. The first-order valence-electron chi connectivity index (χ1n) is 5.48. The lowest BCUT2D eigenvalue weighted by Crippen LogP contribution is -2.58. The van der Waals surface area contributed by atoms with Crippen LogP contribution in [0.25, 0.3) is 0 Å². The van der Waals surface area contributed by atoms with Crippen LogP contribution in [0, 0.1) is 11.3 Å². The maximum Gasteiger partial charge on any atom is 0.130 e. The second-order valence-corrected chi connectivity index (χ2v) is 4.66. The lowest BCUT2D eigenvalue weighted by Gasteiger charge is -2.43. The van der Waals surface area contributed by atoms with Gasteiger partial charge in [-0.1, -0.05) is 0 Å². The molecule has 4 heteroatoms. The molecular weight excluding hydrogens is 200 g/mol. The molecule has 16 heavy (non-hydrogen) atoms. The van der Waals surface area contributed by atoms with E-state index in [4.69, 9.17) is 5.26 Å². The average Bonchev–Trinajstić information content (AvgIpc) is 2.28. The molecule has 0 spiro atoms. The van der Waals surface area contributed by atoms with Crippen molar-refractivity contribution in [2.45, 2.75) is 19.4 Å². The topological polar surface area (TPSA) is 52.0 Å². The zero-order valence-electron chi connectivity index (χ0n) is 9.70. The predicted molar refractivity (Wildman–Crippen MR) is 63.2 cm³/mol. The number of aromatic nitrogens is 1. The molecule has 1 aliphatic heterocycles. The number of hydrogen-bond donors (Lipinski definition) is 1. The number of nitrogens with zero attached hydrogens (tertiary/aromatic N) is 3. The Kier molecular flexibility index (Phi) is 2.80. The molecule has 2 rings (SSSR count). The van der Waals surface area contributed by atoms with E-state index in [1.165, 1.54) is 0 Å². The van der Waals surface area contributed by atoms with Crippen molar-refractivity contribution in [3.63, 3.8) is 0 Å². The van der Waals surface area contributed by atoms with E-state index < -0.39 is 0 Å². The molecule has 2 heterocycles. The fourth-order valence-electron chi connectivity index (χ4n) is 2.04. The highest BCUT2D eigenvalue weighted by atomic mass is 15.3. The highest BCUT2D eigenvalue weighted by Gasteiger charge is 2.30. The lowest BCUT2D eigenvalue weighted by molar-refractivity contribution is 0.378. The monoisotopic (exact) mass is 216 g/mol. The quantitative estimate of drug-likeness (QED) is 0.765. The molecule has 0 unspecified atom stereocenters. The number of anilines is 1. The Hall–Kier alpha value is -1.60. The van der Waals surface area contributed by atoms with Gasteiger partial charge in [0.2, 0.25) is 0 Å². The molecule has 84 valence electrons. The van der Waals surface area contributed by atoms with Crippen molar-refractivity contribution >= 4 is 5.82 Å². The predicted octanol–water partition coefficient (Wildman–Crippen LogP) is 1.14. The first kappa shape index (κ1) is 10.9. The Balaban J connectivity index is 2.32. The highest BCUT2D eigenvalue weighted by Crippen LogP contribution is 2.23. The van der Waals surface area contributed by atoms with Gasteiger partial charge in [-0.3, -0.25) is 0 Å². The van der Waals surface area contributed by atoms with E-state index in [9.17, 15) is 0 Å². The van der Waals surface area contributed by atoms with E-state index in [0.717, 1.165) is 25.5 Å². The average molecular weight is 216 g/mol. The number of hydrogen-bond acceptors (Lipinski definition) is 4. The van der Waals surface area contributed by atoms with Crippen LogP contribution < -0.4 is 10.2 Å². The summed E-state index contributed by atoms with van der Waals surface area (Å²) in [4.78, 5) is 6.61. The smallest absolute Gasteiger partial charge is 0.130 e. The van der Waals surface area contributed by atoms with Gasteiger partial charge in [0.05, 0.1) is 11.6 Å². The van der Waals surface area contributed by atoms with Gasteiger partial charge in [-0.2, -0.15) is 5.26 Å². The molecular formula is C12H16N4. The molecule has 1 fully saturated rings. The molecule has 1 aromatic rings. The molecule has 0 aliphatic carbocycles. The number of nitrogens with one attached hydrogen (secondary N) is 1. The minimum atomic E-state index is 0.0410. The summed E-state index contributed by atoms with van der Waals surface area (Å²) in [6.45, 7) is 7.18. The van der Waals surface area contributed by atoms with Crippen LogP contribution in [0.1, 0.15) is 19.4 Å². The Morgan fingerprint density at radius 3 is 3.06 bits per heavy atom. The van der Waals surface area contributed by atoms with Gasteiger partial charge in [-0.05, 0) is 26.0 Å². The first-order valence-corrected chi connectivity index (χ1v) is 5.48. The standard InChI is InChI=1S/C12H16N4/c1-12(2)9-14-5-6-16(12)11-7-10(8-13)3-4-15-11/h3-4,7,14H,5-6,9H2,1-2H3. The molecule has 1 aromatic heterocycles. The minimum absolute atomic E-state index is 0.0410. The van der Waals surface area contributed by atoms with Gasteiger partial charge in [0, 0.05) is 31.4 Å². The van der Waals surface area contributed by atoms with Gasteiger partial charge >= 0.3 is 0 Å². The van der Waals surface area contributed by atoms with Crippen LogP contribution in [-0.4, -0.2) is 30.2 Å². The van der Waals surface area contributed by atoms with Crippen molar-refractivity contribution < 1.29 is 0 Å². The van der Waals surface area contributed by atoms with Crippen molar-refractivity contribution in [2.75, 3.05) is 24.5 Å². The molecule has 0 bridgehead atoms. The van der Waals surface area contributed by atoms with Crippen LogP contribution in [0.2, 0.25) is 0 Å². The molecule has 0 aromatic carbocycles. The summed E-state index contributed by atoms with van der Waals surface area (Å²) in [6.07, 6.45) is 1.70. The Morgan fingerprint density at radius 2 is 2.38 bits per heavy atom. The van der Waals surface area contributed by atoms with E-state index in [2.05, 4.69) is 35.1 Å². The fraction of sp³-hybridized carbons (Fsp3) is 0.500. The molecule has 1 N–H and O–H groups in total. The number of rotatable bonds is 1. The largest absolute Gasteiger partial charge is 0.349 e. The third-order valence-electron chi connectivity index (χ3n) is 2.95. The van der Waals surface area contributed by atoms with E-state index >= 15 is 0 Å². The van der Waals surface area contributed by atoms with Gasteiger partial charge < -0.3 is 10.2 Å². The molecule has 0 amide bonds. The van der Waals surface area contributed by atoms with E-state index in [-0.39, 0.29) is 5.54 Å². The second kappa shape index (κ2) is 4.11. The molecule has 0 saturated carbocycles. The number of nitriles is 1. The molecule has 4 nitrogen and oxygen atoms in total. The van der Waals surface area contributed by atoms with Crippen molar-refractivity contribution in [1.82, 2.24) is 10.3 Å². The normalized spacial score (nSPS) is 19.2. The zero-order valence-corrected chi connectivity index (χ0v) is 9.70. The third kappa shape index (κ3) is 2.00. The summed E-state index contributed by atoms with van der Waals surface area (Å²) in [7, 11) is 0. The maximum atomic E-state index is 8.88. The Bertz CT molecular complexity index is 419. The highest BCUT2D eigenvalue weighted by molar-refractivity contribution is 5.47. The number of piperazine rings is 1. The number of pyridine rings is 1. The minimum Gasteiger partial charge on any atom is -0.349 e. The van der Waals surface area contributed by atoms with Crippen LogP contribution in [0.4, 0.5) is 5.82 Å². The van der Waals surface area contributed by atoms with Crippen LogP contribution >= 0.6 is 0 Å². The molecule has 0 atom stereocenters. The maximum absolute atomic E-state index is 8.88. The second-order valence-electron chi connectivity index (χ2n) is 4.66. The van der Waals surface area contributed by atoms with Crippen LogP contribution in [0.3, 0.4) is 0 Å². The summed E-state index contributed by atoms with van der Waals surface area (Å²) in [6, 6.07) is 5.74. The Morgan fingerprint density at radius 1 is 1.56 bits per heavy atom. The van der Waals surface area contributed by atoms with Crippen molar-refractivity contribution in [1.29, 1.82) is 5.26 Å². The van der Waals surface area contributed by atoms with Crippen LogP contribution in [0.15, 0.2) is 18.3 Å². The summed E-state index contributed by atoms with van der Waals surface area (Å²) >= 11 is 0. The SMILES string of the molecule is CC1(C)CNCCN1c1cc(C#N)ccn1. The van der Waals surface area contributed by atoms with Gasteiger partial charge in [0.1, 0.15) is 5.82 Å².